The Morgan fingerprint density at radius 1 is 1.30 bits per heavy atom. The Morgan fingerprint density at radius 3 is 2.65 bits per heavy atom. The number of nitrogens with one attached hydrogen (secondary N) is 1. The summed E-state index contributed by atoms with van der Waals surface area (Å²) in [4.78, 5) is 4.49. The van der Waals surface area contributed by atoms with Crippen LogP contribution in [0.2, 0.25) is 0 Å². The number of hydrogen-bond donors (Lipinski definition) is 1. The highest BCUT2D eigenvalue weighted by atomic mass is 79.9. The largest absolute Gasteiger partial charge is 0.309 e. The Balaban J connectivity index is 2.14. The van der Waals surface area contributed by atoms with E-state index in [4.69, 9.17) is 0 Å². The quantitative estimate of drug-likeness (QED) is 0.877. The zero-order valence-corrected chi connectivity index (χ0v) is 13.8. The molecule has 1 atom stereocenters. The van der Waals surface area contributed by atoms with Crippen LogP contribution in [0.1, 0.15) is 44.2 Å². The van der Waals surface area contributed by atoms with E-state index in [9.17, 15) is 0 Å². The van der Waals surface area contributed by atoms with Crippen LogP contribution in [0, 0.1) is 0 Å². The number of likely N-dealkylation sites (N-methyl/N-ethyl adjacent to an activating group) is 1. The van der Waals surface area contributed by atoms with Gasteiger partial charge in [0.05, 0.1) is 17.4 Å². The van der Waals surface area contributed by atoms with Crippen LogP contribution in [0.25, 0.3) is 0 Å². The molecule has 2 rings (SSSR count). The summed E-state index contributed by atoms with van der Waals surface area (Å²) in [6, 6.07) is 6.76. The lowest BCUT2D eigenvalue weighted by atomic mass is 10.1. The average Bonchev–Trinajstić information content (AvgIpc) is 2.88. The molecule has 0 saturated carbocycles. The second kappa shape index (κ2) is 6.99. The molecule has 1 unspecified atom stereocenters. The van der Waals surface area contributed by atoms with Gasteiger partial charge in [0, 0.05) is 29.3 Å². The van der Waals surface area contributed by atoms with Crippen molar-refractivity contribution in [2.75, 3.05) is 6.54 Å². The molecule has 2 heterocycles. The van der Waals surface area contributed by atoms with Gasteiger partial charge in [-0.25, -0.2) is 0 Å². The van der Waals surface area contributed by atoms with Crippen LogP contribution in [-0.4, -0.2) is 21.3 Å². The molecule has 0 spiro atoms. The monoisotopic (exact) mass is 336 g/mol. The maximum atomic E-state index is 4.61. The van der Waals surface area contributed by atoms with Crippen molar-refractivity contribution in [1.29, 1.82) is 0 Å². The zero-order valence-electron chi connectivity index (χ0n) is 12.2. The van der Waals surface area contributed by atoms with E-state index < -0.39 is 0 Å². The Morgan fingerprint density at radius 2 is 2.10 bits per heavy atom. The van der Waals surface area contributed by atoms with Gasteiger partial charge in [-0.3, -0.25) is 9.67 Å². The fraction of sp³-hybridized carbons (Fsp3) is 0.467. The Labute approximate surface area is 128 Å². The second-order valence-corrected chi connectivity index (χ2v) is 6.01. The number of hydrogen-bond acceptors (Lipinski definition) is 3. The van der Waals surface area contributed by atoms with Crippen molar-refractivity contribution in [1.82, 2.24) is 20.1 Å². The SMILES string of the molecule is CCNC(Cc1ccn(C(C)C)n1)c1ccc(Br)cn1. The van der Waals surface area contributed by atoms with E-state index in [1.54, 1.807) is 0 Å². The molecule has 0 saturated heterocycles. The minimum absolute atomic E-state index is 0.198. The fourth-order valence-electron chi connectivity index (χ4n) is 2.10. The van der Waals surface area contributed by atoms with Crippen molar-refractivity contribution in [3.8, 4) is 0 Å². The molecule has 0 bridgehead atoms. The molecule has 0 aromatic carbocycles. The predicted octanol–water partition coefficient (Wildman–Crippen LogP) is 3.51. The third-order valence-electron chi connectivity index (χ3n) is 3.16. The maximum absolute atomic E-state index is 4.61. The molecule has 4 nitrogen and oxygen atoms in total. The first-order valence-electron chi connectivity index (χ1n) is 6.99. The predicted molar refractivity (Wildman–Crippen MR) is 84.7 cm³/mol. The van der Waals surface area contributed by atoms with Gasteiger partial charge < -0.3 is 5.32 Å². The first kappa shape index (κ1) is 15.2. The summed E-state index contributed by atoms with van der Waals surface area (Å²) in [5.74, 6) is 0. The summed E-state index contributed by atoms with van der Waals surface area (Å²) in [6.45, 7) is 7.29. The molecule has 2 aromatic rings. The van der Waals surface area contributed by atoms with E-state index in [0.717, 1.165) is 28.8 Å². The highest BCUT2D eigenvalue weighted by molar-refractivity contribution is 9.10. The third-order valence-corrected chi connectivity index (χ3v) is 3.63. The Bertz CT molecular complexity index is 533. The van der Waals surface area contributed by atoms with E-state index in [1.807, 2.05) is 23.1 Å². The molecule has 5 heteroatoms. The molecular weight excluding hydrogens is 316 g/mol. The Kier molecular flexibility index (Phi) is 5.31. The van der Waals surface area contributed by atoms with Gasteiger partial charge >= 0.3 is 0 Å². The first-order chi connectivity index (χ1) is 9.60. The van der Waals surface area contributed by atoms with Gasteiger partial charge in [-0.1, -0.05) is 6.92 Å². The molecule has 108 valence electrons. The van der Waals surface area contributed by atoms with Crippen LogP contribution >= 0.6 is 15.9 Å². The molecule has 2 aromatic heterocycles. The summed E-state index contributed by atoms with van der Waals surface area (Å²) in [5, 5.41) is 8.09. The lowest BCUT2D eigenvalue weighted by Gasteiger charge is -2.16. The summed E-state index contributed by atoms with van der Waals surface area (Å²) >= 11 is 3.42. The van der Waals surface area contributed by atoms with Gasteiger partial charge in [-0.15, -0.1) is 0 Å². The Hall–Kier alpha value is -1.20. The van der Waals surface area contributed by atoms with Crippen LogP contribution < -0.4 is 5.32 Å². The molecule has 20 heavy (non-hydrogen) atoms. The van der Waals surface area contributed by atoms with E-state index in [1.165, 1.54) is 0 Å². The topological polar surface area (TPSA) is 42.7 Å². The van der Waals surface area contributed by atoms with Gasteiger partial charge in [-0.2, -0.15) is 5.10 Å². The summed E-state index contributed by atoms with van der Waals surface area (Å²) < 4.78 is 2.99. The van der Waals surface area contributed by atoms with E-state index in [0.29, 0.717) is 6.04 Å². The summed E-state index contributed by atoms with van der Waals surface area (Å²) in [5.41, 5.74) is 2.14. The number of aromatic nitrogens is 3. The molecule has 1 N–H and O–H groups in total. The lowest BCUT2D eigenvalue weighted by molar-refractivity contribution is 0.501. The minimum Gasteiger partial charge on any atom is -0.309 e. The number of nitrogens with zero attached hydrogens (tertiary/aromatic N) is 3. The molecule has 0 aliphatic heterocycles. The highest BCUT2D eigenvalue weighted by Gasteiger charge is 2.14. The van der Waals surface area contributed by atoms with Gasteiger partial charge in [0.1, 0.15) is 0 Å². The van der Waals surface area contributed by atoms with Crippen molar-refractivity contribution in [3.05, 3.63) is 46.5 Å². The third kappa shape index (κ3) is 3.90. The van der Waals surface area contributed by atoms with Gasteiger partial charge in [0.15, 0.2) is 0 Å². The average molecular weight is 337 g/mol. The van der Waals surface area contributed by atoms with Crippen LogP contribution in [0.4, 0.5) is 0 Å². The first-order valence-corrected chi connectivity index (χ1v) is 7.78. The molecule has 0 amide bonds. The van der Waals surface area contributed by atoms with Crippen molar-refractivity contribution in [2.45, 2.75) is 39.3 Å². The lowest BCUT2D eigenvalue weighted by Crippen LogP contribution is -2.24. The van der Waals surface area contributed by atoms with Gasteiger partial charge in [0.25, 0.3) is 0 Å². The van der Waals surface area contributed by atoms with Crippen LogP contribution in [0.5, 0.6) is 0 Å². The molecule has 0 radical (unpaired) electrons. The molecular formula is C15H21BrN4. The zero-order chi connectivity index (χ0) is 14.5. The smallest absolute Gasteiger partial charge is 0.0644 e. The molecule has 0 fully saturated rings. The van der Waals surface area contributed by atoms with Crippen LogP contribution in [-0.2, 0) is 6.42 Å². The van der Waals surface area contributed by atoms with E-state index in [2.05, 4.69) is 64.2 Å². The number of pyridine rings is 1. The number of rotatable bonds is 6. The summed E-state index contributed by atoms with van der Waals surface area (Å²) in [6.07, 6.45) is 4.73. The van der Waals surface area contributed by atoms with Gasteiger partial charge in [0.2, 0.25) is 0 Å². The summed E-state index contributed by atoms with van der Waals surface area (Å²) in [7, 11) is 0. The highest BCUT2D eigenvalue weighted by Crippen LogP contribution is 2.18. The molecule has 0 aliphatic rings. The van der Waals surface area contributed by atoms with Crippen molar-refractivity contribution < 1.29 is 0 Å². The minimum atomic E-state index is 0.198. The molecule has 0 aliphatic carbocycles. The van der Waals surface area contributed by atoms with Crippen molar-refractivity contribution in [2.24, 2.45) is 0 Å². The van der Waals surface area contributed by atoms with E-state index in [-0.39, 0.29) is 6.04 Å². The fourth-order valence-corrected chi connectivity index (χ4v) is 2.34. The standard InChI is InChI=1S/C15H21BrN4/c1-4-17-15(14-6-5-12(16)10-18-14)9-13-7-8-20(19-13)11(2)3/h5-8,10-11,15,17H,4,9H2,1-3H3. The second-order valence-electron chi connectivity index (χ2n) is 5.10. The van der Waals surface area contributed by atoms with Crippen molar-refractivity contribution in [3.63, 3.8) is 0 Å². The maximum Gasteiger partial charge on any atom is 0.0644 e. The van der Waals surface area contributed by atoms with Crippen molar-refractivity contribution >= 4 is 15.9 Å². The van der Waals surface area contributed by atoms with Gasteiger partial charge in [-0.05, 0) is 54.5 Å². The van der Waals surface area contributed by atoms with Crippen LogP contribution in [0.15, 0.2) is 35.1 Å². The number of halogens is 1. The van der Waals surface area contributed by atoms with E-state index >= 15 is 0 Å². The normalized spacial score (nSPS) is 12.8. The van der Waals surface area contributed by atoms with Crippen LogP contribution in [0.3, 0.4) is 0 Å².